The van der Waals surface area contributed by atoms with Crippen LogP contribution in [0, 0.1) is 20.8 Å². The van der Waals surface area contributed by atoms with Crippen LogP contribution in [0.5, 0.6) is 0 Å². The lowest BCUT2D eigenvalue weighted by Crippen LogP contribution is -2.15. The molecule has 3 aromatic heterocycles. The van der Waals surface area contributed by atoms with E-state index in [0.29, 0.717) is 18.1 Å². The molecule has 0 saturated carbocycles. The van der Waals surface area contributed by atoms with Crippen molar-refractivity contribution >= 4 is 22.5 Å². The highest BCUT2D eigenvalue weighted by atomic mass is 16.1. The molecule has 1 amide bonds. The number of imidazole rings is 1. The fourth-order valence-corrected chi connectivity index (χ4v) is 3.52. The molecule has 0 saturated heterocycles. The standard InChI is InChI=1S/C21H22N6O/c1-13-14(2)27(15(3)24-13)21-22-10-17(11-23-21)25-20(28)9-16-12-26(4)19-8-6-5-7-18(16)19/h5-8,10-12H,9H2,1-4H3,(H,25,28). The Bertz CT molecular complexity index is 1170. The topological polar surface area (TPSA) is 77.6 Å². The Morgan fingerprint density at radius 2 is 1.82 bits per heavy atom. The maximum absolute atomic E-state index is 12.5. The molecule has 0 aliphatic heterocycles. The largest absolute Gasteiger partial charge is 0.350 e. The van der Waals surface area contributed by atoms with Crippen LogP contribution in [0.4, 0.5) is 5.69 Å². The Morgan fingerprint density at radius 3 is 2.50 bits per heavy atom. The summed E-state index contributed by atoms with van der Waals surface area (Å²) in [6, 6.07) is 8.06. The summed E-state index contributed by atoms with van der Waals surface area (Å²) < 4.78 is 3.94. The van der Waals surface area contributed by atoms with E-state index in [2.05, 4.69) is 20.3 Å². The first-order valence-corrected chi connectivity index (χ1v) is 9.12. The summed E-state index contributed by atoms with van der Waals surface area (Å²) >= 11 is 0. The molecule has 142 valence electrons. The number of carbonyl (C=O) groups excluding carboxylic acids is 1. The van der Waals surface area contributed by atoms with Gasteiger partial charge in [-0.3, -0.25) is 9.36 Å². The van der Waals surface area contributed by atoms with Crippen LogP contribution < -0.4 is 5.32 Å². The summed E-state index contributed by atoms with van der Waals surface area (Å²) in [6.45, 7) is 5.86. The van der Waals surface area contributed by atoms with Crippen LogP contribution in [0.15, 0.2) is 42.9 Å². The number of aromatic nitrogens is 5. The van der Waals surface area contributed by atoms with Gasteiger partial charge in [0.25, 0.3) is 0 Å². The molecule has 0 radical (unpaired) electrons. The van der Waals surface area contributed by atoms with E-state index in [4.69, 9.17) is 0 Å². The summed E-state index contributed by atoms with van der Waals surface area (Å²) in [5, 5.41) is 3.97. The summed E-state index contributed by atoms with van der Waals surface area (Å²) in [4.78, 5) is 25.7. The molecule has 4 aromatic rings. The highest BCUT2D eigenvalue weighted by Gasteiger charge is 2.13. The lowest BCUT2D eigenvalue weighted by Gasteiger charge is -2.08. The number of carbonyl (C=O) groups is 1. The van der Waals surface area contributed by atoms with Gasteiger partial charge in [-0.05, 0) is 32.4 Å². The molecule has 1 aromatic carbocycles. The molecule has 3 heterocycles. The minimum Gasteiger partial charge on any atom is -0.350 e. The molecule has 0 atom stereocenters. The van der Waals surface area contributed by atoms with Gasteiger partial charge in [-0.15, -0.1) is 0 Å². The van der Waals surface area contributed by atoms with Gasteiger partial charge in [-0.2, -0.15) is 0 Å². The quantitative estimate of drug-likeness (QED) is 0.595. The average Bonchev–Trinajstić information content (AvgIpc) is 3.12. The molecular weight excluding hydrogens is 352 g/mol. The molecule has 0 spiro atoms. The molecular formula is C21H22N6O. The highest BCUT2D eigenvalue weighted by molar-refractivity contribution is 5.95. The van der Waals surface area contributed by atoms with Crippen molar-refractivity contribution in [1.82, 2.24) is 24.1 Å². The lowest BCUT2D eigenvalue weighted by molar-refractivity contribution is -0.115. The predicted octanol–water partition coefficient (Wildman–Crippen LogP) is 3.26. The van der Waals surface area contributed by atoms with Gasteiger partial charge < -0.3 is 9.88 Å². The molecule has 0 aliphatic rings. The van der Waals surface area contributed by atoms with Crippen molar-refractivity contribution in [1.29, 1.82) is 0 Å². The Kier molecular flexibility index (Phi) is 4.43. The number of hydrogen-bond acceptors (Lipinski definition) is 4. The number of nitrogens with one attached hydrogen (secondary N) is 1. The lowest BCUT2D eigenvalue weighted by atomic mass is 10.1. The van der Waals surface area contributed by atoms with Gasteiger partial charge in [0, 0.05) is 29.8 Å². The number of rotatable bonds is 4. The molecule has 7 heteroatoms. The second-order valence-corrected chi connectivity index (χ2v) is 6.94. The number of aryl methyl sites for hydroxylation is 3. The monoisotopic (exact) mass is 374 g/mol. The number of fused-ring (bicyclic) bond motifs is 1. The van der Waals surface area contributed by atoms with E-state index in [1.165, 1.54) is 0 Å². The normalized spacial score (nSPS) is 11.1. The van der Waals surface area contributed by atoms with Crippen LogP contribution in [0.2, 0.25) is 0 Å². The van der Waals surface area contributed by atoms with Crippen LogP contribution in [0.1, 0.15) is 22.8 Å². The van der Waals surface area contributed by atoms with Gasteiger partial charge in [0.2, 0.25) is 11.9 Å². The molecule has 0 unspecified atom stereocenters. The molecule has 28 heavy (non-hydrogen) atoms. The maximum Gasteiger partial charge on any atom is 0.235 e. The first-order chi connectivity index (χ1) is 13.4. The predicted molar refractivity (Wildman–Crippen MR) is 109 cm³/mol. The SMILES string of the molecule is Cc1nc(C)n(-c2ncc(NC(=O)Cc3cn(C)c4ccccc34)cn2)c1C. The first kappa shape index (κ1) is 17.9. The number of benzene rings is 1. The molecule has 0 fully saturated rings. The van der Waals surface area contributed by atoms with Crippen molar-refractivity contribution in [3.8, 4) is 5.95 Å². The second-order valence-electron chi connectivity index (χ2n) is 6.94. The Morgan fingerprint density at radius 1 is 1.11 bits per heavy atom. The van der Waals surface area contributed by atoms with Gasteiger partial charge >= 0.3 is 0 Å². The van der Waals surface area contributed by atoms with Crippen molar-refractivity contribution in [2.24, 2.45) is 7.05 Å². The second kappa shape index (κ2) is 6.92. The van der Waals surface area contributed by atoms with Crippen LogP contribution in [-0.4, -0.2) is 30.0 Å². The van der Waals surface area contributed by atoms with E-state index in [1.54, 1.807) is 12.4 Å². The Labute approximate surface area is 163 Å². The van der Waals surface area contributed by atoms with Crippen molar-refractivity contribution in [2.75, 3.05) is 5.32 Å². The molecule has 7 nitrogen and oxygen atoms in total. The third-order valence-electron chi connectivity index (χ3n) is 4.96. The fraction of sp³-hybridized carbons (Fsp3) is 0.238. The number of nitrogens with zero attached hydrogens (tertiary/aromatic N) is 5. The van der Waals surface area contributed by atoms with Crippen molar-refractivity contribution in [2.45, 2.75) is 27.2 Å². The van der Waals surface area contributed by atoms with Crippen molar-refractivity contribution < 1.29 is 4.79 Å². The summed E-state index contributed by atoms with van der Waals surface area (Å²) in [7, 11) is 1.98. The van der Waals surface area contributed by atoms with Crippen LogP contribution in [-0.2, 0) is 18.3 Å². The van der Waals surface area contributed by atoms with E-state index in [-0.39, 0.29) is 5.91 Å². The van der Waals surface area contributed by atoms with Gasteiger partial charge in [0.05, 0.1) is 30.2 Å². The number of amides is 1. The first-order valence-electron chi connectivity index (χ1n) is 9.12. The third kappa shape index (κ3) is 3.15. The fourth-order valence-electron chi connectivity index (χ4n) is 3.52. The van der Waals surface area contributed by atoms with Crippen LogP contribution in [0.25, 0.3) is 16.9 Å². The van der Waals surface area contributed by atoms with Crippen LogP contribution in [0.3, 0.4) is 0 Å². The summed E-state index contributed by atoms with van der Waals surface area (Å²) in [5.74, 6) is 1.28. The molecule has 1 N–H and O–H groups in total. The zero-order valence-electron chi connectivity index (χ0n) is 16.4. The number of hydrogen-bond donors (Lipinski definition) is 1. The van der Waals surface area contributed by atoms with Crippen molar-refractivity contribution in [3.05, 3.63) is 65.6 Å². The molecule has 4 rings (SSSR count). The Balaban J connectivity index is 1.50. The minimum atomic E-state index is -0.0986. The van der Waals surface area contributed by atoms with Gasteiger partial charge in [0.15, 0.2) is 0 Å². The van der Waals surface area contributed by atoms with Crippen LogP contribution >= 0.6 is 0 Å². The van der Waals surface area contributed by atoms with Gasteiger partial charge in [-0.1, -0.05) is 18.2 Å². The van der Waals surface area contributed by atoms with E-state index >= 15 is 0 Å². The highest BCUT2D eigenvalue weighted by Crippen LogP contribution is 2.21. The van der Waals surface area contributed by atoms with Gasteiger partial charge in [-0.25, -0.2) is 15.0 Å². The third-order valence-corrected chi connectivity index (χ3v) is 4.96. The van der Waals surface area contributed by atoms with E-state index in [0.717, 1.165) is 33.7 Å². The zero-order chi connectivity index (χ0) is 19.8. The van der Waals surface area contributed by atoms with E-state index in [1.807, 2.05) is 67.4 Å². The van der Waals surface area contributed by atoms with E-state index in [9.17, 15) is 4.79 Å². The van der Waals surface area contributed by atoms with Gasteiger partial charge in [0.1, 0.15) is 5.82 Å². The maximum atomic E-state index is 12.5. The Hall–Kier alpha value is -3.48. The molecule has 0 aliphatic carbocycles. The zero-order valence-corrected chi connectivity index (χ0v) is 16.4. The average molecular weight is 374 g/mol. The van der Waals surface area contributed by atoms with E-state index < -0.39 is 0 Å². The smallest absolute Gasteiger partial charge is 0.235 e. The summed E-state index contributed by atoms with van der Waals surface area (Å²) in [5.41, 5.74) is 4.63. The number of para-hydroxylation sites is 1. The number of anilines is 1. The summed E-state index contributed by atoms with van der Waals surface area (Å²) in [6.07, 6.45) is 5.54. The molecule has 0 bridgehead atoms. The van der Waals surface area contributed by atoms with Crippen molar-refractivity contribution in [3.63, 3.8) is 0 Å². The minimum absolute atomic E-state index is 0.0986.